The van der Waals surface area contributed by atoms with E-state index in [1.165, 1.54) is 7.05 Å². The lowest BCUT2D eigenvalue weighted by Gasteiger charge is -2.09. The van der Waals surface area contributed by atoms with Crippen LogP contribution in [0.25, 0.3) is 0 Å². The molecule has 1 rings (SSSR count). The van der Waals surface area contributed by atoms with Crippen LogP contribution in [0.3, 0.4) is 0 Å². The number of nitrogens with one attached hydrogen (secondary N) is 1. The Labute approximate surface area is 113 Å². The second-order valence-electron chi connectivity index (χ2n) is 4.44. The van der Waals surface area contributed by atoms with Crippen molar-refractivity contribution < 1.29 is 8.42 Å². The summed E-state index contributed by atoms with van der Waals surface area (Å²) in [6.45, 7) is 4.36. The maximum Gasteiger partial charge on any atom is 0.242 e. The third kappa shape index (κ3) is 4.19. The van der Waals surface area contributed by atoms with Gasteiger partial charge < -0.3 is 5.73 Å². The molecule has 0 atom stereocenters. The number of sulfonamides is 1. The SMILES string of the molecule is CNS(=O)(=O)c1ccc(SCCC(C)C)cc1N. The highest BCUT2D eigenvalue weighted by Gasteiger charge is 2.15. The van der Waals surface area contributed by atoms with Crippen LogP contribution in [-0.2, 0) is 10.0 Å². The molecule has 4 nitrogen and oxygen atoms in total. The molecule has 0 aromatic heterocycles. The first-order valence-electron chi connectivity index (χ1n) is 5.82. The average Bonchev–Trinajstić information content (AvgIpc) is 2.28. The molecule has 0 amide bonds. The van der Waals surface area contributed by atoms with Crippen molar-refractivity contribution in [2.24, 2.45) is 5.92 Å². The molecule has 1 aromatic carbocycles. The van der Waals surface area contributed by atoms with Gasteiger partial charge in [0.25, 0.3) is 0 Å². The third-order valence-electron chi connectivity index (χ3n) is 2.50. The van der Waals surface area contributed by atoms with E-state index in [1.807, 2.05) is 0 Å². The Morgan fingerprint density at radius 2 is 2.06 bits per heavy atom. The summed E-state index contributed by atoms with van der Waals surface area (Å²) in [6.07, 6.45) is 1.13. The van der Waals surface area contributed by atoms with Crippen LogP contribution in [0.2, 0.25) is 0 Å². The van der Waals surface area contributed by atoms with E-state index in [9.17, 15) is 8.42 Å². The third-order valence-corrected chi connectivity index (χ3v) is 5.02. The number of benzene rings is 1. The first-order chi connectivity index (χ1) is 8.36. The van der Waals surface area contributed by atoms with Crippen LogP contribution in [0.1, 0.15) is 20.3 Å². The van der Waals surface area contributed by atoms with Crippen LogP contribution >= 0.6 is 11.8 Å². The van der Waals surface area contributed by atoms with Crippen LogP contribution < -0.4 is 10.5 Å². The van der Waals surface area contributed by atoms with Crippen LogP contribution in [-0.4, -0.2) is 21.2 Å². The number of thioether (sulfide) groups is 1. The van der Waals surface area contributed by atoms with Crippen molar-refractivity contribution >= 4 is 27.5 Å². The molecule has 0 bridgehead atoms. The van der Waals surface area contributed by atoms with Gasteiger partial charge in [0.2, 0.25) is 10.0 Å². The zero-order valence-electron chi connectivity index (χ0n) is 10.9. The van der Waals surface area contributed by atoms with Crippen molar-refractivity contribution in [2.75, 3.05) is 18.5 Å². The molecular weight excluding hydrogens is 268 g/mol. The van der Waals surface area contributed by atoms with E-state index >= 15 is 0 Å². The van der Waals surface area contributed by atoms with Gasteiger partial charge in [0.05, 0.1) is 5.69 Å². The molecular formula is C12H20N2O2S2. The minimum Gasteiger partial charge on any atom is -0.398 e. The van der Waals surface area contributed by atoms with E-state index in [0.717, 1.165) is 17.1 Å². The number of hydrogen-bond acceptors (Lipinski definition) is 4. The fourth-order valence-electron chi connectivity index (χ4n) is 1.38. The minimum atomic E-state index is -3.46. The van der Waals surface area contributed by atoms with Crippen molar-refractivity contribution in [2.45, 2.75) is 30.1 Å². The molecule has 6 heteroatoms. The zero-order chi connectivity index (χ0) is 13.8. The van der Waals surface area contributed by atoms with Crippen molar-refractivity contribution in [1.29, 1.82) is 0 Å². The summed E-state index contributed by atoms with van der Waals surface area (Å²) in [5.74, 6) is 1.67. The Bertz CT molecular complexity index is 499. The largest absolute Gasteiger partial charge is 0.398 e. The Balaban J connectivity index is 2.80. The second kappa shape index (κ2) is 6.45. The summed E-state index contributed by atoms with van der Waals surface area (Å²) < 4.78 is 25.5. The van der Waals surface area contributed by atoms with Gasteiger partial charge in [-0.3, -0.25) is 0 Å². The minimum absolute atomic E-state index is 0.137. The predicted molar refractivity (Wildman–Crippen MR) is 77.3 cm³/mol. The van der Waals surface area contributed by atoms with Crippen LogP contribution in [0.4, 0.5) is 5.69 Å². The first kappa shape index (κ1) is 15.3. The molecule has 0 aliphatic heterocycles. The molecule has 0 heterocycles. The maximum atomic E-state index is 11.6. The van der Waals surface area contributed by atoms with E-state index in [2.05, 4.69) is 18.6 Å². The predicted octanol–water partition coefficient (Wildman–Crippen LogP) is 2.32. The fraction of sp³-hybridized carbons (Fsp3) is 0.500. The van der Waals surface area contributed by atoms with E-state index in [-0.39, 0.29) is 4.90 Å². The van der Waals surface area contributed by atoms with E-state index in [4.69, 9.17) is 5.73 Å². The normalized spacial score (nSPS) is 12.0. The molecule has 0 aliphatic carbocycles. The molecule has 0 saturated heterocycles. The molecule has 0 unspecified atom stereocenters. The quantitative estimate of drug-likeness (QED) is 0.622. The molecule has 18 heavy (non-hydrogen) atoms. The summed E-state index contributed by atoms with van der Waals surface area (Å²) in [4.78, 5) is 1.14. The second-order valence-corrected chi connectivity index (χ2v) is 7.46. The molecule has 3 N–H and O–H groups in total. The first-order valence-corrected chi connectivity index (χ1v) is 8.29. The van der Waals surface area contributed by atoms with E-state index in [1.54, 1.807) is 30.0 Å². The molecule has 0 fully saturated rings. The number of nitrogens with two attached hydrogens (primary N) is 1. The molecule has 0 radical (unpaired) electrons. The lowest BCUT2D eigenvalue weighted by atomic mass is 10.2. The van der Waals surface area contributed by atoms with E-state index < -0.39 is 10.0 Å². The summed E-state index contributed by atoms with van der Waals surface area (Å²) >= 11 is 1.69. The van der Waals surface area contributed by atoms with Crippen LogP contribution in [0.15, 0.2) is 28.0 Å². The monoisotopic (exact) mass is 288 g/mol. The van der Waals surface area contributed by atoms with Gasteiger partial charge in [-0.2, -0.15) is 0 Å². The Hall–Kier alpha value is -0.720. The van der Waals surface area contributed by atoms with Gasteiger partial charge >= 0.3 is 0 Å². The summed E-state index contributed by atoms with van der Waals surface area (Å²) in [5, 5.41) is 0. The highest BCUT2D eigenvalue weighted by Crippen LogP contribution is 2.26. The van der Waals surface area contributed by atoms with Gasteiger partial charge in [0.1, 0.15) is 4.90 Å². The van der Waals surface area contributed by atoms with Crippen molar-refractivity contribution in [3.05, 3.63) is 18.2 Å². The number of nitrogen functional groups attached to an aromatic ring is 1. The van der Waals surface area contributed by atoms with Gasteiger partial charge in [-0.15, -0.1) is 11.8 Å². The number of rotatable bonds is 6. The number of hydrogen-bond donors (Lipinski definition) is 2. The maximum absolute atomic E-state index is 11.6. The van der Waals surface area contributed by atoms with E-state index in [0.29, 0.717) is 11.6 Å². The van der Waals surface area contributed by atoms with Gasteiger partial charge in [-0.25, -0.2) is 13.1 Å². The van der Waals surface area contributed by atoms with Gasteiger partial charge in [-0.1, -0.05) is 13.8 Å². The molecule has 0 spiro atoms. The summed E-state index contributed by atoms with van der Waals surface area (Å²) in [7, 11) is -2.09. The zero-order valence-corrected chi connectivity index (χ0v) is 12.6. The fourth-order valence-corrected chi connectivity index (χ4v) is 3.42. The average molecular weight is 288 g/mol. The Morgan fingerprint density at radius 3 is 2.56 bits per heavy atom. The summed E-state index contributed by atoms with van der Waals surface area (Å²) in [6, 6.07) is 5.07. The molecule has 1 aromatic rings. The van der Waals surface area contributed by atoms with Crippen LogP contribution in [0.5, 0.6) is 0 Å². The lowest BCUT2D eigenvalue weighted by Crippen LogP contribution is -2.19. The standard InChI is InChI=1S/C12H20N2O2S2/c1-9(2)6-7-17-10-4-5-12(11(13)8-10)18(15,16)14-3/h4-5,8-9,14H,6-7,13H2,1-3H3. The Morgan fingerprint density at radius 1 is 1.39 bits per heavy atom. The summed E-state index contributed by atoms with van der Waals surface area (Å²) in [5.41, 5.74) is 6.07. The number of anilines is 1. The molecule has 0 aliphatic rings. The van der Waals surface area contributed by atoms with Gasteiger partial charge in [-0.05, 0) is 43.3 Å². The van der Waals surface area contributed by atoms with Gasteiger partial charge in [0.15, 0.2) is 0 Å². The molecule has 102 valence electrons. The van der Waals surface area contributed by atoms with Gasteiger partial charge in [0, 0.05) is 4.90 Å². The topological polar surface area (TPSA) is 72.2 Å². The highest BCUT2D eigenvalue weighted by atomic mass is 32.2. The van der Waals surface area contributed by atoms with Crippen molar-refractivity contribution in [3.63, 3.8) is 0 Å². The Kier molecular flexibility index (Phi) is 5.49. The van der Waals surface area contributed by atoms with Crippen molar-refractivity contribution in [3.8, 4) is 0 Å². The lowest BCUT2D eigenvalue weighted by molar-refractivity contribution is 0.588. The van der Waals surface area contributed by atoms with Crippen molar-refractivity contribution in [1.82, 2.24) is 4.72 Å². The molecule has 0 saturated carbocycles. The van der Waals surface area contributed by atoms with Crippen LogP contribution in [0, 0.1) is 5.92 Å². The highest BCUT2D eigenvalue weighted by molar-refractivity contribution is 7.99. The smallest absolute Gasteiger partial charge is 0.242 e.